The van der Waals surface area contributed by atoms with Crippen molar-refractivity contribution in [2.45, 2.75) is 31.1 Å². The average Bonchev–Trinajstić information content (AvgIpc) is 2.68. The summed E-state index contributed by atoms with van der Waals surface area (Å²) < 4.78 is 44.7. The zero-order chi connectivity index (χ0) is 21.2. The summed E-state index contributed by atoms with van der Waals surface area (Å²) in [7, 11) is -3.82. The van der Waals surface area contributed by atoms with Crippen molar-refractivity contribution in [1.29, 1.82) is 0 Å². The number of nitrogens with one attached hydrogen (secondary N) is 1. The Bertz CT molecular complexity index is 1100. The molecule has 3 rings (SSSR count). The number of amides is 1. The van der Waals surface area contributed by atoms with Crippen LogP contribution in [0, 0.1) is 5.82 Å². The van der Waals surface area contributed by atoms with E-state index in [1.165, 1.54) is 5.48 Å². The van der Waals surface area contributed by atoms with Gasteiger partial charge in [0.25, 0.3) is 11.5 Å². The average molecular weight is 424 g/mol. The number of benzene rings is 1. The number of hydrogen-bond donors (Lipinski definition) is 2. The highest BCUT2D eigenvalue weighted by molar-refractivity contribution is 7.92. The van der Waals surface area contributed by atoms with Crippen LogP contribution in [0.15, 0.2) is 35.3 Å². The van der Waals surface area contributed by atoms with Crippen LogP contribution in [0.4, 0.5) is 4.39 Å². The van der Waals surface area contributed by atoms with Crippen LogP contribution < -0.4 is 15.8 Å². The number of carbonyl (C=O) groups is 1. The second-order valence-electron chi connectivity index (χ2n) is 6.92. The standard InChI is InChI=1S/C19H21FN2O6S/c1-29(26,27)17(19(24)21-25)6-7-22-11-15(20)14(10-18(22)23)12-4-5-16-13(9-12)3-2-8-28-16/h4-5,9-11,17,25H,2-3,6-8H2,1H3,(H,21,24)/t17-/m1/s1. The topological polar surface area (TPSA) is 115 Å². The van der Waals surface area contributed by atoms with E-state index in [-0.39, 0.29) is 18.5 Å². The van der Waals surface area contributed by atoms with Gasteiger partial charge >= 0.3 is 0 Å². The van der Waals surface area contributed by atoms with Crippen LogP contribution >= 0.6 is 0 Å². The van der Waals surface area contributed by atoms with E-state index < -0.39 is 32.4 Å². The summed E-state index contributed by atoms with van der Waals surface area (Å²) in [6.07, 6.45) is 3.22. The van der Waals surface area contributed by atoms with E-state index in [0.717, 1.165) is 47.2 Å². The Balaban J connectivity index is 1.86. The number of nitrogens with zero attached hydrogens (tertiary/aromatic N) is 1. The molecule has 0 bridgehead atoms. The molecule has 1 aromatic carbocycles. The molecule has 29 heavy (non-hydrogen) atoms. The van der Waals surface area contributed by atoms with Crippen molar-refractivity contribution in [2.75, 3.05) is 12.9 Å². The molecule has 0 radical (unpaired) electrons. The van der Waals surface area contributed by atoms with Gasteiger partial charge in [0.15, 0.2) is 9.84 Å². The van der Waals surface area contributed by atoms with Crippen LogP contribution in [-0.4, -0.2) is 42.2 Å². The Morgan fingerprint density at radius 3 is 2.83 bits per heavy atom. The van der Waals surface area contributed by atoms with Crippen molar-refractivity contribution in [3.63, 3.8) is 0 Å². The first-order valence-electron chi connectivity index (χ1n) is 8.99. The van der Waals surface area contributed by atoms with Crippen LogP contribution in [-0.2, 0) is 27.6 Å². The van der Waals surface area contributed by atoms with Crippen molar-refractivity contribution in [1.82, 2.24) is 10.0 Å². The van der Waals surface area contributed by atoms with E-state index in [2.05, 4.69) is 0 Å². The number of pyridine rings is 1. The van der Waals surface area contributed by atoms with Crippen molar-refractivity contribution < 1.29 is 27.5 Å². The summed E-state index contributed by atoms with van der Waals surface area (Å²) in [5, 5.41) is 7.16. The summed E-state index contributed by atoms with van der Waals surface area (Å²) in [6.45, 7) is 0.429. The third-order valence-corrected chi connectivity index (χ3v) is 6.33. The van der Waals surface area contributed by atoms with Crippen molar-refractivity contribution >= 4 is 15.7 Å². The maximum absolute atomic E-state index is 14.7. The number of halogens is 1. The Kier molecular flexibility index (Phi) is 6.04. The fourth-order valence-corrected chi connectivity index (χ4v) is 4.31. The van der Waals surface area contributed by atoms with Crippen LogP contribution in [0.2, 0.25) is 0 Å². The molecule has 0 fully saturated rings. The van der Waals surface area contributed by atoms with Gasteiger partial charge in [-0.15, -0.1) is 0 Å². The molecule has 10 heteroatoms. The fourth-order valence-electron chi connectivity index (χ4n) is 3.34. The van der Waals surface area contributed by atoms with E-state index in [0.29, 0.717) is 12.2 Å². The lowest BCUT2D eigenvalue weighted by atomic mass is 9.99. The summed E-state index contributed by atoms with van der Waals surface area (Å²) in [6, 6.07) is 6.36. The minimum Gasteiger partial charge on any atom is -0.493 e. The molecule has 2 aromatic rings. The SMILES string of the molecule is CS(=O)(=O)[C@H](CCn1cc(F)c(-c2ccc3c(c2)CCCO3)cc1=O)C(=O)NO. The van der Waals surface area contributed by atoms with Crippen molar-refractivity contribution in [3.05, 3.63) is 52.2 Å². The molecule has 2 N–H and O–H groups in total. The van der Waals surface area contributed by atoms with Crippen LogP contribution in [0.5, 0.6) is 5.75 Å². The van der Waals surface area contributed by atoms with Crippen LogP contribution in [0.1, 0.15) is 18.4 Å². The summed E-state index contributed by atoms with van der Waals surface area (Å²) in [4.78, 5) is 24.0. The zero-order valence-corrected chi connectivity index (χ0v) is 16.5. The molecule has 1 amide bonds. The summed E-state index contributed by atoms with van der Waals surface area (Å²) in [5.41, 5.74) is 2.39. The number of aromatic nitrogens is 1. The number of carbonyl (C=O) groups excluding carboxylic acids is 1. The Labute approximate surface area is 166 Å². The molecule has 0 unspecified atom stereocenters. The maximum atomic E-state index is 14.7. The molecule has 1 aliphatic heterocycles. The third kappa shape index (κ3) is 4.65. The van der Waals surface area contributed by atoms with E-state index in [1.807, 2.05) is 0 Å². The number of fused-ring (bicyclic) bond motifs is 1. The number of hydrogen-bond acceptors (Lipinski definition) is 6. The predicted octanol–water partition coefficient (Wildman–Crippen LogP) is 1.29. The Hall–Kier alpha value is -2.72. The van der Waals surface area contributed by atoms with Gasteiger partial charge in [-0.1, -0.05) is 6.07 Å². The lowest BCUT2D eigenvalue weighted by molar-refractivity contribution is -0.128. The first-order valence-corrected chi connectivity index (χ1v) is 10.9. The van der Waals surface area contributed by atoms with Gasteiger partial charge in [0.1, 0.15) is 16.8 Å². The first-order chi connectivity index (χ1) is 13.7. The summed E-state index contributed by atoms with van der Waals surface area (Å²) in [5.74, 6) is -1.000. The number of hydroxylamine groups is 1. The normalized spacial score (nSPS) is 14.6. The molecule has 0 aliphatic carbocycles. The fraction of sp³-hybridized carbons (Fsp3) is 0.368. The molecule has 8 nitrogen and oxygen atoms in total. The lowest BCUT2D eigenvalue weighted by Crippen LogP contribution is -2.39. The molecule has 1 aliphatic rings. The van der Waals surface area contributed by atoms with Gasteiger partial charge in [-0.05, 0) is 42.5 Å². The first kappa shape index (κ1) is 21.0. The molecule has 156 valence electrons. The maximum Gasteiger partial charge on any atom is 0.261 e. The molecule has 1 atom stereocenters. The molecular weight excluding hydrogens is 403 g/mol. The summed E-state index contributed by atoms with van der Waals surface area (Å²) >= 11 is 0. The van der Waals surface area contributed by atoms with Crippen molar-refractivity contribution in [2.24, 2.45) is 0 Å². The Morgan fingerprint density at radius 1 is 1.38 bits per heavy atom. The number of aryl methyl sites for hydroxylation is 2. The number of sulfone groups is 1. The van der Waals surface area contributed by atoms with Crippen molar-refractivity contribution in [3.8, 4) is 16.9 Å². The highest BCUT2D eigenvalue weighted by atomic mass is 32.2. The quantitative estimate of drug-likeness (QED) is 0.533. The highest BCUT2D eigenvalue weighted by Gasteiger charge is 2.28. The zero-order valence-electron chi connectivity index (χ0n) is 15.7. The monoisotopic (exact) mass is 424 g/mol. The van der Waals surface area contributed by atoms with Gasteiger partial charge in [0.05, 0.1) is 6.61 Å². The van der Waals surface area contributed by atoms with Gasteiger partial charge in [-0.2, -0.15) is 0 Å². The van der Waals surface area contributed by atoms with E-state index in [9.17, 15) is 22.4 Å². The van der Waals surface area contributed by atoms with Gasteiger partial charge < -0.3 is 9.30 Å². The molecule has 0 spiro atoms. The second kappa shape index (κ2) is 8.34. The molecule has 2 heterocycles. The van der Waals surface area contributed by atoms with Gasteiger partial charge in [-0.3, -0.25) is 14.8 Å². The second-order valence-corrected chi connectivity index (χ2v) is 9.15. The number of rotatable bonds is 6. The van der Waals surface area contributed by atoms with Crippen LogP contribution in [0.25, 0.3) is 11.1 Å². The highest BCUT2D eigenvalue weighted by Crippen LogP contribution is 2.30. The Morgan fingerprint density at radius 2 is 2.14 bits per heavy atom. The van der Waals surface area contributed by atoms with E-state index in [1.54, 1.807) is 18.2 Å². The third-order valence-electron chi connectivity index (χ3n) is 4.85. The van der Waals surface area contributed by atoms with Gasteiger partial charge in [0, 0.05) is 30.6 Å². The van der Waals surface area contributed by atoms with E-state index in [4.69, 9.17) is 9.94 Å². The molecule has 0 saturated heterocycles. The largest absolute Gasteiger partial charge is 0.493 e. The van der Waals surface area contributed by atoms with Gasteiger partial charge in [0.2, 0.25) is 0 Å². The smallest absolute Gasteiger partial charge is 0.261 e. The van der Waals surface area contributed by atoms with Crippen LogP contribution in [0.3, 0.4) is 0 Å². The minimum absolute atomic E-state index is 0.132. The lowest BCUT2D eigenvalue weighted by Gasteiger charge is -2.18. The molecular formula is C19H21FN2O6S. The van der Waals surface area contributed by atoms with E-state index >= 15 is 0 Å². The molecule has 1 aromatic heterocycles. The van der Waals surface area contributed by atoms with Gasteiger partial charge in [-0.25, -0.2) is 18.3 Å². The predicted molar refractivity (Wildman–Crippen MR) is 103 cm³/mol. The minimum atomic E-state index is -3.82. The molecule has 0 saturated carbocycles. The number of ether oxygens (including phenoxy) is 1.